The molecule has 2 atom stereocenters. The Kier molecular flexibility index (Phi) is 4.55. The predicted octanol–water partition coefficient (Wildman–Crippen LogP) is 5.78. The summed E-state index contributed by atoms with van der Waals surface area (Å²) in [5.74, 6) is -0.397. The van der Waals surface area contributed by atoms with Crippen molar-refractivity contribution in [2.24, 2.45) is 0 Å². The standard InChI is InChI=1S/C24H27NO2/c1-3-16-11-8-12-19-21-18(17-9-6-5-7-10-17)13-14-24(4-2,15-20(26)27)23(21)25-22(16)19/h5-12,18,25H,3-4,13-15H2,1-2H3,(H,26,27)/t18-,24?/m0/s1. The van der Waals surface area contributed by atoms with Crippen molar-refractivity contribution in [1.82, 2.24) is 4.98 Å². The van der Waals surface area contributed by atoms with Crippen molar-refractivity contribution in [3.8, 4) is 0 Å². The predicted molar refractivity (Wildman–Crippen MR) is 109 cm³/mol. The van der Waals surface area contributed by atoms with Crippen LogP contribution in [0.1, 0.15) is 67.8 Å². The molecule has 1 heterocycles. The Labute approximate surface area is 160 Å². The Balaban J connectivity index is 2.00. The van der Waals surface area contributed by atoms with Crippen molar-refractivity contribution >= 4 is 16.9 Å². The van der Waals surface area contributed by atoms with Gasteiger partial charge in [0, 0.05) is 27.9 Å². The molecule has 4 rings (SSSR count). The Hall–Kier alpha value is -2.55. The zero-order chi connectivity index (χ0) is 19.0. The topological polar surface area (TPSA) is 53.1 Å². The Morgan fingerprint density at radius 3 is 2.59 bits per heavy atom. The van der Waals surface area contributed by atoms with Gasteiger partial charge >= 0.3 is 5.97 Å². The van der Waals surface area contributed by atoms with Crippen LogP contribution in [0.4, 0.5) is 0 Å². The van der Waals surface area contributed by atoms with Crippen LogP contribution in [0.5, 0.6) is 0 Å². The average molecular weight is 361 g/mol. The van der Waals surface area contributed by atoms with Crippen LogP contribution in [-0.4, -0.2) is 16.1 Å². The molecule has 0 radical (unpaired) electrons. The zero-order valence-electron chi connectivity index (χ0n) is 16.1. The van der Waals surface area contributed by atoms with Crippen molar-refractivity contribution in [3.63, 3.8) is 0 Å². The van der Waals surface area contributed by atoms with E-state index in [0.717, 1.165) is 31.4 Å². The van der Waals surface area contributed by atoms with Crippen LogP contribution in [0.25, 0.3) is 10.9 Å². The summed E-state index contributed by atoms with van der Waals surface area (Å²) < 4.78 is 0. The maximum atomic E-state index is 11.7. The lowest BCUT2D eigenvalue weighted by Crippen LogP contribution is -2.34. The van der Waals surface area contributed by atoms with Crippen LogP contribution >= 0.6 is 0 Å². The molecule has 0 spiro atoms. The van der Waals surface area contributed by atoms with E-state index in [4.69, 9.17) is 0 Å². The number of para-hydroxylation sites is 1. The fourth-order valence-corrected chi connectivity index (χ4v) is 5.03. The molecule has 1 unspecified atom stereocenters. The van der Waals surface area contributed by atoms with Crippen LogP contribution in [-0.2, 0) is 16.6 Å². The van der Waals surface area contributed by atoms with Gasteiger partial charge in [-0.05, 0) is 42.4 Å². The van der Waals surface area contributed by atoms with E-state index < -0.39 is 5.97 Å². The third-order valence-corrected chi connectivity index (χ3v) is 6.50. The third kappa shape index (κ3) is 2.86. The molecule has 0 saturated carbocycles. The molecule has 27 heavy (non-hydrogen) atoms. The van der Waals surface area contributed by atoms with Gasteiger partial charge in [0.2, 0.25) is 0 Å². The first-order chi connectivity index (χ1) is 13.1. The Morgan fingerprint density at radius 2 is 1.93 bits per heavy atom. The van der Waals surface area contributed by atoms with E-state index in [-0.39, 0.29) is 11.8 Å². The van der Waals surface area contributed by atoms with Crippen molar-refractivity contribution in [2.75, 3.05) is 0 Å². The highest BCUT2D eigenvalue weighted by Crippen LogP contribution is 2.51. The SMILES string of the molecule is CCc1cccc2c3c([nH]c12)C(CC)(CC(=O)O)CC[C@H]3c1ccccc1. The normalized spacial score (nSPS) is 21.9. The number of aliphatic carboxylic acids is 1. The summed E-state index contributed by atoms with van der Waals surface area (Å²) in [6.45, 7) is 4.30. The second kappa shape index (κ2) is 6.88. The fourth-order valence-electron chi connectivity index (χ4n) is 5.03. The first-order valence-corrected chi connectivity index (χ1v) is 10.0. The van der Waals surface area contributed by atoms with E-state index in [2.05, 4.69) is 67.4 Å². The number of aromatic nitrogens is 1. The maximum absolute atomic E-state index is 11.7. The number of carbonyl (C=O) groups is 1. The molecule has 3 nitrogen and oxygen atoms in total. The van der Waals surface area contributed by atoms with Gasteiger partial charge in [0.25, 0.3) is 0 Å². The minimum atomic E-state index is -0.713. The minimum Gasteiger partial charge on any atom is -0.481 e. The van der Waals surface area contributed by atoms with E-state index >= 15 is 0 Å². The van der Waals surface area contributed by atoms with Crippen molar-refractivity contribution in [3.05, 3.63) is 70.9 Å². The van der Waals surface area contributed by atoms with Gasteiger partial charge in [-0.3, -0.25) is 4.79 Å². The number of hydrogen-bond acceptors (Lipinski definition) is 1. The summed E-state index contributed by atoms with van der Waals surface area (Å²) in [5.41, 5.74) is 5.98. The summed E-state index contributed by atoms with van der Waals surface area (Å²) in [7, 11) is 0. The Morgan fingerprint density at radius 1 is 1.15 bits per heavy atom. The first-order valence-electron chi connectivity index (χ1n) is 10.0. The molecule has 3 heteroatoms. The number of hydrogen-bond donors (Lipinski definition) is 2. The van der Waals surface area contributed by atoms with E-state index in [1.165, 1.54) is 27.6 Å². The van der Waals surface area contributed by atoms with E-state index in [9.17, 15) is 9.90 Å². The average Bonchev–Trinajstić information content (AvgIpc) is 3.09. The van der Waals surface area contributed by atoms with Crippen LogP contribution < -0.4 is 0 Å². The smallest absolute Gasteiger partial charge is 0.304 e. The zero-order valence-corrected chi connectivity index (χ0v) is 16.1. The molecule has 2 N–H and O–H groups in total. The molecule has 1 aromatic heterocycles. The number of carboxylic acids is 1. The van der Waals surface area contributed by atoms with Gasteiger partial charge in [0.1, 0.15) is 0 Å². The lowest BCUT2D eigenvalue weighted by atomic mass is 9.65. The highest BCUT2D eigenvalue weighted by Gasteiger charge is 2.43. The van der Waals surface area contributed by atoms with Gasteiger partial charge in [-0.1, -0.05) is 62.4 Å². The molecule has 1 aliphatic rings. The van der Waals surface area contributed by atoms with Crippen LogP contribution in [0.2, 0.25) is 0 Å². The molecule has 2 aromatic carbocycles. The molecule has 0 bridgehead atoms. The number of fused-ring (bicyclic) bond motifs is 3. The molecule has 0 amide bonds. The fraction of sp³-hybridized carbons (Fsp3) is 0.375. The largest absolute Gasteiger partial charge is 0.481 e. The van der Waals surface area contributed by atoms with Crippen molar-refractivity contribution < 1.29 is 9.90 Å². The van der Waals surface area contributed by atoms with E-state index in [0.29, 0.717) is 5.92 Å². The highest BCUT2D eigenvalue weighted by molar-refractivity contribution is 5.89. The van der Waals surface area contributed by atoms with Gasteiger partial charge in [-0.2, -0.15) is 0 Å². The van der Waals surface area contributed by atoms with E-state index in [1.807, 2.05) is 0 Å². The second-order valence-electron chi connectivity index (χ2n) is 7.81. The number of aryl methyl sites for hydroxylation is 1. The number of rotatable bonds is 5. The van der Waals surface area contributed by atoms with Crippen molar-refractivity contribution in [1.29, 1.82) is 0 Å². The Bertz CT molecular complexity index is 973. The molecule has 3 aromatic rings. The van der Waals surface area contributed by atoms with Gasteiger partial charge < -0.3 is 10.1 Å². The molecule has 0 aliphatic heterocycles. The number of H-pyrrole nitrogens is 1. The lowest BCUT2D eigenvalue weighted by molar-refractivity contribution is -0.138. The number of nitrogens with one attached hydrogen (secondary N) is 1. The molecule has 0 saturated heterocycles. The maximum Gasteiger partial charge on any atom is 0.304 e. The summed E-state index contributed by atoms with van der Waals surface area (Å²) >= 11 is 0. The summed E-state index contributed by atoms with van der Waals surface area (Å²) in [5, 5.41) is 10.9. The van der Waals surface area contributed by atoms with Gasteiger partial charge in [-0.15, -0.1) is 0 Å². The first kappa shape index (κ1) is 17.8. The summed E-state index contributed by atoms with van der Waals surface area (Å²) in [4.78, 5) is 15.4. The van der Waals surface area contributed by atoms with E-state index in [1.54, 1.807) is 0 Å². The second-order valence-corrected chi connectivity index (χ2v) is 7.81. The van der Waals surface area contributed by atoms with Crippen LogP contribution in [0.3, 0.4) is 0 Å². The molecule has 1 aliphatic carbocycles. The van der Waals surface area contributed by atoms with Gasteiger partial charge in [-0.25, -0.2) is 0 Å². The monoisotopic (exact) mass is 361 g/mol. The number of aromatic amines is 1. The molecule has 0 fully saturated rings. The lowest BCUT2D eigenvalue weighted by Gasteiger charge is -2.39. The molecular formula is C24H27NO2. The number of benzene rings is 2. The van der Waals surface area contributed by atoms with Crippen LogP contribution in [0.15, 0.2) is 48.5 Å². The molecular weight excluding hydrogens is 334 g/mol. The van der Waals surface area contributed by atoms with Gasteiger partial charge in [0.15, 0.2) is 0 Å². The molecule has 140 valence electrons. The van der Waals surface area contributed by atoms with Gasteiger partial charge in [0.05, 0.1) is 6.42 Å². The summed E-state index contributed by atoms with van der Waals surface area (Å²) in [6.07, 6.45) is 3.87. The quantitative estimate of drug-likeness (QED) is 0.605. The summed E-state index contributed by atoms with van der Waals surface area (Å²) in [6, 6.07) is 17.2. The minimum absolute atomic E-state index is 0.187. The van der Waals surface area contributed by atoms with Crippen LogP contribution in [0, 0.1) is 0 Å². The third-order valence-electron chi connectivity index (χ3n) is 6.50. The highest BCUT2D eigenvalue weighted by atomic mass is 16.4. The number of carboxylic acid groups (broad SMARTS) is 1. The van der Waals surface area contributed by atoms with Crippen molar-refractivity contribution in [2.45, 2.75) is 57.3 Å².